The van der Waals surface area contributed by atoms with Crippen LogP contribution in [0.5, 0.6) is 0 Å². The van der Waals surface area contributed by atoms with E-state index in [-0.39, 0.29) is 0 Å². The molecule has 2 aliphatic rings. The van der Waals surface area contributed by atoms with Gasteiger partial charge in [-0.05, 0) is 38.1 Å². The monoisotopic (exact) mass is 137 g/mol. The quantitative estimate of drug-likeness (QED) is 0.535. The Kier molecular flexibility index (Phi) is 1.94. The molecular weight excluding hydrogens is 122 g/mol. The molecule has 0 aromatic rings. The van der Waals surface area contributed by atoms with E-state index in [1.54, 1.807) is 0 Å². The predicted molar refractivity (Wildman–Crippen MR) is 41.6 cm³/mol. The second-order valence-electron chi connectivity index (χ2n) is 3.41. The second kappa shape index (κ2) is 2.91. The molecule has 1 aliphatic carbocycles. The van der Waals surface area contributed by atoms with E-state index in [0.717, 1.165) is 12.0 Å². The van der Waals surface area contributed by atoms with Gasteiger partial charge in [0.15, 0.2) is 0 Å². The van der Waals surface area contributed by atoms with E-state index in [2.05, 4.69) is 11.7 Å². The first-order valence-corrected chi connectivity index (χ1v) is 4.43. The number of fused-ring (bicyclic) bond motifs is 1. The lowest BCUT2D eigenvalue weighted by atomic mass is 9.80. The number of rotatable bonds is 0. The van der Waals surface area contributed by atoms with Crippen molar-refractivity contribution in [1.82, 2.24) is 5.32 Å². The summed E-state index contributed by atoms with van der Waals surface area (Å²) in [4.78, 5) is 0. The maximum absolute atomic E-state index is 3.56. The second-order valence-corrected chi connectivity index (χ2v) is 3.41. The summed E-state index contributed by atoms with van der Waals surface area (Å²) in [7, 11) is 0. The van der Waals surface area contributed by atoms with Gasteiger partial charge in [-0.25, -0.2) is 0 Å². The summed E-state index contributed by atoms with van der Waals surface area (Å²) >= 11 is 0. The van der Waals surface area contributed by atoms with E-state index in [1.807, 2.05) is 0 Å². The van der Waals surface area contributed by atoms with Gasteiger partial charge in [-0.3, -0.25) is 0 Å². The minimum absolute atomic E-state index is 0.794. The Hall–Kier alpha value is -0.0400. The standard InChI is InChI=1S/C9H15N/c1-2-6-9-8(4-1)5-3-7-10-9/h8-10H,1-4,6-7H2. The van der Waals surface area contributed by atoms with Crippen LogP contribution in [0.2, 0.25) is 0 Å². The molecule has 1 N–H and O–H groups in total. The summed E-state index contributed by atoms with van der Waals surface area (Å²) in [6.45, 7) is 1.17. The maximum Gasteiger partial charge on any atom is 0.0101 e. The third-order valence-electron chi connectivity index (χ3n) is 2.70. The first-order chi connectivity index (χ1) is 4.97. The topological polar surface area (TPSA) is 12.0 Å². The van der Waals surface area contributed by atoms with Crippen molar-refractivity contribution in [2.24, 2.45) is 5.92 Å². The number of piperidine rings is 1. The molecule has 56 valence electrons. The van der Waals surface area contributed by atoms with Crippen molar-refractivity contribution in [2.45, 2.75) is 38.1 Å². The highest BCUT2D eigenvalue weighted by atomic mass is 14.9. The van der Waals surface area contributed by atoms with Crippen LogP contribution in [0.25, 0.3) is 0 Å². The van der Waals surface area contributed by atoms with Crippen LogP contribution in [-0.2, 0) is 0 Å². The van der Waals surface area contributed by atoms with Gasteiger partial charge in [0.2, 0.25) is 0 Å². The Labute approximate surface area is 63.2 Å². The van der Waals surface area contributed by atoms with Crippen molar-refractivity contribution in [3.05, 3.63) is 6.42 Å². The van der Waals surface area contributed by atoms with Crippen LogP contribution < -0.4 is 5.32 Å². The molecular formula is C9H15N. The Balaban J connectivity index is 1.93. The van der Waals surface area contributed by atoms with Crippen LogP contribution in [0.3, 0.4) is 0 Å². The fraction of sp³-hybridized carbons (Fsp3) is 0.889. The van der Waals surface area contributed by atoms with E-state index in [4.69, 9.17) is 0 Å². The highest BCUT2D eigenvalue weighted by molar-refractivity contribution is 4.93. The highest BCUT2D eigenvalue weighted by Crippen LogP contribution is 2.29. The lowest BCUT2D eigenvalue weighted by Gasteiger charge is -2.35. The Morgan fingerprint density at radius 3 is 3.00 bits per heavy atom. The molecule has 0 amide bonds. The van der Waals surface area contributed by atoms with Gasteiger partial charge in [-0.15, -0.1) is 0 Å². The first-order valence-electron chi connectivity index (χ1n) is 4.43. The smallest absolute Gasteiger partial charge is 0.0101 e. The number of hydrogen-bond donors (Lipinski definition) is 1. The molecule has 0 aromatic heterocycles. The number of nitrogens with one attached hydrogen (secondary N) is 1. The minimum Gasteiger partial charge on any atom is -0.314 e. The van der Waals surface area contributed by atoms with Crippen LogP contribution in [0.1, 0.15) is 32.1 Å². The summed E-state index contributed by atoms with van der Waals surface area (Å²) < 4.78 is 0. The van der Waals surface area contributed by atoms with Gasteiger partial charge in [-0.2, -0.15) is 0 Å². The molecule has 10 heavy (non-hydrogen) atoms. The molecule has 2 atom stereocenters. The molecule has 0 aromatic carbocycles. The molecule has 0 spiro atoms. The molecule has 1 heteroatoms. The third kappa shape index (κ3) is 1.20. The molecule has 1 heterocycles. The fourth-order valence-corrected chi connectivity index (χ4v) is 2.13. The molecule has 1 saturated heterocycles. The van der Waals surface area contributed by atoms with Crippen LogP contribution in [0.4, 0.5) is 0 Å². The summed E-state index contributed by atoms with van der Waals surface area (Å²) in [5.74, 6) is 0.794. The van der Waals surface area contributed by atoms with Crippen molar-refractivity contribution in [1.29, 1.82) is 0 Å². The number of hydrogen-bond acceptors (Lipinski definition) is 1. The summed E-state index contributed by atoms with van der Waals surface area (Å²) in [5, 5.41) is 3.56. The normalized spacial score (nSPS) is 40.8. The summed E-state index contributed by atoms with van der Waals surface area (Å²) in [6, 6.07) is 0.794. The largest absolute Gasteiger partial charge is 0.314 e. The zero-order valence-electron chi connectivity index (χ0n) is 6.40. The Bertz CT molecular complexity index is 85.3. The minimum atomic E-state index is 0.794. The molecule has 1 nitrogen and oxygen atoms in total. The van der Waals surface area contributed by atoms with Crippen LogP contribution in [0, 0.1) is 12.3 Å². The average molecular weight is 137 g/mol. The lowest BCUT2D eigenvalue weighted by molar-refractivity contribution is 0.261. The maximum atomic E-state index is 3.56. The van der Waals surface area contributed by atoms with Gasteiger partial charge in [0.05, 0.1) is 0 Å². The molecule has 2 radical (unpaired) electrons. The highest BCUT2D eigenvalue weighted by Gasteiger charge is 2.27. The Morgan fingerprint density at radius 1 is 1.20 bits per heavy atom. The fourth-order valence-electron chi connectivity index (χ4n) is 2.13. The zero-order valence-corrected chi connectivity index (χ0v) is 6.40. The van der Waals surface area contributed by atoms with Gasteiger partial charge in [0.1, 0.15) is 0 Å². The molecule has 2 fully saturated rings. The van der Waals surface area contributed by atoms with E-state index < -0.39 is 0 Å². The average Bonchev–Trinajstić information content (AvgIpc) is 2.05. The predicted octanol–water partition coefficient (Wildman–Crippen LogP) is 1.62. The van der Waals surface area contributed by atoms with E-state index in [9.17, 15) is 0 Å². The van der Waals surface area contributed by atoms with Gasteiger partial charge < -0.3 is 5.32 Å². The van der Waals surface area contributed by atoms with Crippen LogP contribution >= 0.6 is 0 Å². The van der Waals surface area contributed by atoms with Crippen LogP contribution in [0.15, 0.2) is 0 Å². The molecule has 0 bridgehead atoms. The van der Waals surface area contributed by atoms with Crippen molar-refractivity contribution in [3.8, 4) is 0 Å². The molecule has 1 saturated carbocycles. The lowest BCUT2D eigenvalue weighted by Crippen LogP contribution is -2.43. The summed E-state index contributed by atoms with van der Waals surface area (Å²) in [6.07, 6.45) is 10.4. The van der Waals surface area contributed by atoms with Crippen molar-refractivity contribution in [3.63, 3.8) is 0 Å². The van der Waals surface area contributed by atoms with Gasteiger partial charge >= 0.3 is 0 Å². The molecule has 1 aliphatic heterocycles. The summed E-state index contributed by atoms with van der Waals surface area (Å²) in [5.41, 5.74) is 0. The Morgan fingerprint density at radius 2 is 2.10 bits per heavy atom. The van der Waals surface area contributed by atoms with E-state index in [0.29, 0.717) is 0 Å². The van der Waals surface area contributed by atoms with E-state index in [1.165, 1.54) is 38.6 Å². The van der Waals surface area contributed by atoms with Crippen molar-refractivity contribution >= 4 is 0 Å². The first kappa shape index (κ1) is 6.66. The van der Waals surface area contributed by atoms with Crippen LogP contribution in [-0.4, -0.2) is 12.6 Å². The zero-order chi connectivity index (χ0) is 6.81. The van der Waals surface area contributed by atoms with Gasteiger partial charge in [-0.1, -0.05) is 12.8 Å². The van der Waals surface area contributed by atoms with E-state index >= 15 is 0 Å². The van der Waals surface area contributed by atoms with Gasteiger partial charge in [0, 0.05) is 6.04 Å². The third-order valence-corrected chi connectivity index (χ3v) is 2.70. The molecule has 2 rings (SSSR count). The van der Waals surface area contributed by atoms with Crippen molar-refractivity contribution in [2.75, 3.05) is 6.54 Å². The van der Waals surface area contributed by atoms with Crippen molar-refractivity contribution < 1.29 is 0 Å². The molecule has 2 unspecified atom stereocenters. The van der Waals surface area contributed by atoms with Gasteiger partial charge in [0.25, 0.3) is 0 Å². The SMILES string of the molecule is [C]1CCNC2CCCCC12.